The van der Waals surface area contributed by atoms with Crippen molar-refractivity contribution in [3.63, 3.8) is 0 Å². The van der Waals surface area contributed by atoms with E-state index < -0.39 is 0 Å². The number of nitrogens with zero attached hydrogens (tertiary/aromatic N) is 1. The van der Waals surface area contributed by atoms with Gasteiger partial charge in [-0.3, -0.25) is 0 Å². The molecule has 0 heterocycles. The van der Waals surface area contributed by atoms with Crippen LogP contribution in [0.1, 0.15) is 20.8 Å². The van der Waals surface area contributed by atoms with E-state index in [0.29, 0.717) is 51.6 Å². The molecular weight excluding hydrogens is 260 g/mol. The van der Waals surface area contributed by atoms with Gasteiger partial charge in [0.2, 0.25) is 0 Å². The molecule has 1 atom stereocenters. The average Bonchev–Trinajstić information content (AvgIpc) is 2.43. The number of hydrogen-bond acceptors (Lipinski definition) is 6. The minimum Gasteiger partial charge on any atom is -0.378 e. The molecule has 0 spiro atoms. The Morgan fingerprint density at radius 2 is 1.25 bits per heavy atom. The molecule has 0 amide bonds. The Balaban J connectivity index is 3.20. The van der Waals surface area contributed by atoms with E-state index in [1.165, 1.54) is 0 Å². The average molecular weight is 292 g/mol. The molecule has 0 rings (SSSR count). The first kappa shape index (κ1) is 19.8. The summed E-state index contributed by atoms with van der Waals surface area (Å²) in [7, 11) is 2.13. The van der Waals surface area contributed by atoms with Gasteiger partial charge in [-0.2, -0.15) is 0 Å². The van der Waals surface area contributed by atoms with Crippen molar-refractivity contribution in [2.75, 3.05) is 59.8 Å². The van der Waals surface area contributed by atoms with Gasteiger partial charge in [-0.15, -0.1) is 0 Å². The van der Waals surface area contributed by atoms with Crippen LogP contribution in [0.4, 0.5) is 0 Å². The lowest BCUT2D eigenvalue weighted by Crippen LogP contribution is -2.35. The molecular formula is C14H32N2O4. The molecule has 0 saturated carbocycles. The zero-order chi connectivity index (χ0) is 15.2. The van der Waals surface area contributed by atoms with Gasteiger partial charge in [0, 0.05) is 12.6 Å². The maximum absolute atomic E-state index is 5.54. The molecule has 0 aliphatic heterocycles. The van der Waals surface area contributed by atoms with Gasteiger partial charge < -0.3 is 23.9 Å². The van der Waals surface area contributed by atoms with Crippen LogP contribution in [0.5, 0.6) is 0 Å². The molecule has 0 aromatic rings. The molecule has 20 heavy (non-hydrogen) atoms. The first-order valence-electron chi connectivity index (χ1n) is 7.34. The third-order valence-electron chi connectivity index (χ3n) is 3.34. The van der Waals surface area contributed by atoms with Crippen molar-refractivity contribution in [1.29, 1.82) is 0 Å². The number of rotatable bonds is 14. The summed E-state index contributed by atoms with van der Waals surface area (Å²) in [5.74, 6) is 5.52. The minimum atomic E-state index is 0.408. The third-order valence-corrected chi connectivity index (χ3v) is 3.34. The first-order chi connectivity index (χ1) is 9.59. The van der Waals surface area contributed by atoms with Gasteiger partial charge in [-0.05, 0) is 19.9 Å². The molecule has 6 nitrogen and oxygen atoms in total. The normalized spacial score (nSPS) is 13.3. The fourth-order valence-corrected chi connectivity index (χ4v) is 1.57. The van der Waals surface area contributed by atoms with E-state index in [0.717, 1.165) is 13.2 Å². The maximum atomic E-state index is 5.54. The molecule has 0 aromatic carbocycles. The Hall–Kier alpha value is -0.240. The van der Waals surface area contributed by atoms with Crippen LogP contribution in [0.2, 0.25) is 0 Å². The van der Waals surface area contributed by atoms with Gasteiger partial charge in [0.25, 0.3) is 0 Å². The standard InChI is InChI=1S/C14H32N2O4/c1-13(2)14(3)16(4)5-6-17-7-8-18-9-10-19-11-12-20-15/h13-14H,5-12,15H2,1-4H3. The van der Waals surface area contributed by atoms with Crippen molar-refractivity contribution in [2.45, 2.75) is 26.8 Å². The van der Waals surface area contributed by atoms with Crippen molar-refractivity contribution in [2.24, 2.45) is 11.8 Å². The fraction of sp³-hybridized carbons (Fsp3) is 1.00. The Morgan fingerprint density at radius 1 is 0.800 bits per heavy atom. The Kier molecular flexibility index (Phi) is 13.6. The molecule has 0 bridgehead atoms. The molecule has 0 fully saturated rings. The molecule has 1 unspecified atom stereocenters. The quantitative estimate of drug-likeness (QED) is 0.379. The summed E-state index contributed by atoms with van der Waals surface area (Å²) in [5.41, 5.74) is 0. The maximum Gasteiger partial charge on any atom is 0.0913 e. The van der Waals surface area contributed by atoms with Crippen LogP contribution in [0, 0.1) is 5.92 Å². The molecule has 0 aliphatic rings. The highest BCUT2D eigenvalue weighted by molar-refractivity contribution is 4.66. The van der Waals surface area contributed by atoms with E-state index in [1.54, 1.807) is 0 Å². The van der Waals surface area contributed by atoms with Crippen molar-refractivity contribution in [3.8, 4) is 0 Å². The van der Waals surface area contributed by atoms with Gasteiger partial charge in [0.1, 0.15) is 0 Å². The Bertz CT molecular complexity index is 206. The van der Waals surface area contributed by atoms with Gasteiger partial charge in [0.15, 0.2) is 0 Å². The number of nitrogens with two attached hydrogens (primary N) is 1. The summed E-state index contributed by atoms with van der Waals surface area (Å²) in [4.78, 5) is 6.69. The third kappa shape index (κ3) is 11.6. The SMILES string of the molecule is CC(C)C(C)N(C)CCOCCOCCOCCON. The summed E-state index contributed by atoms with van der Waals surface area (Å²) in [6.07, 6.45) is 0. The van der Waals surface area contributed by atoms with Gasteiger partial charge in [-0.1, -0.05) is 13.8 Å². The van der Waals surface area contributed by atoms with E-state index in [2.05, 4.69) is 37.6 Å². The summed E-state index contributed by atoms with van der Waals surface area (Å²) in [5, 5.41) is 0. The number of likely N-dealkylation sites (N-methyl/N-ethyl adjacent to an activating group) is 1. The van der Waals surface area contributed by atoms with E-state index in [-0.39, 0.29) is 0 Å². The predicted molar refractivity (Wildman–Crippen MR) is 79.5 cm³/mol. The summed E-state index contributed by atoms with van der Waals surface area (Å²) in [6.45, 7) is 11.6. The van der Waals surface area contributed by atoms with Crippen LogP contribution < -0.4 is 5.90 Å². The molecule has 6 heteroatoms. The van der Waals surface area contributed by atoms with Crippen molar-refractivity contribution in [1.82, 2.24) is 4.90 Å². The van der Waals surface area contributed by atoms with Crippen LogP contribution in [0.25, 0.3) is 0 Å². The number of ether oxygens (including phenoxy) is 3. The fourth-order valence-electron chi connectivity index (χ4n) is 1.57. The highest BCUT2D eigenvalue weighted by atomic mass is 16.6. The monoisotopic (exact) mass is 292 g/mol. The van der Waals surface area contributed by atoms with Crippen LogP contribution in [0.15, 0.2) is 0 Å². The lowest BCUT2D eigenvalue weighted by Gasteiger charge is -2.27. The second-order valence-corrected chi connectivity index (χ2v) is 5.17. The second kappa shape index (κ2) is 13.7. The second-order valence-electron chi connectivity index (χ2n) is 5.17. The van der Waals surface area contributed by atoms with Gasteiger partial charge >= 0.3 is 0 Å². The Labute approximate surface area is 123 Å². The van der Waals surface area contributed by atoms with E-state index in [4.69, 9.17) is 20.1 Å². The molecule has 122 valence electrons. The van der Waals surface area contributed by atoms with Crippen LogP contribution in [-0.4, -0.2) is 70.8 Å². The Morgan fingerprint density at radius 3 is 1.70 bits per heavy atom. The molecule has 0 aliphatic carbocycles. The van der Waals surface area contributed by atoms with E-state index >= 15 is 0 Å². The summed E-state index contributed by atoms with van der Waals surface area (Å²) < 4.78 is 16.1. The smallest absolute Gasteiger partial charge is 0.0913 e. The van der Waals surface area contributed by atoms with Crippen LogP contribution in [0.3, 0.4) is 0 Å². The molecule has 0 saturated heterocycles. The highest BCUT2D eigenvalue weighted by Crippen LogP contribution is 2.06. The van der Waals surface area contributed by atoms with E-state index in [9.17, 15) is 0 Å². The van der Waals surface area contributed by atoms with E-state index in [1.807, 2.05) is 0 Å². The van der Waals surface area contributed by atoms with Crippen LogP contribution >= 0.6 is 0 Å². The lowest BCUT2D eigenvalue weighted by atomic mass is 10.1. The highest BCUT2D eigenvalue weighted by Gasteiger charge is 2.11. The van der Waals surface area contributed by atoms with Crippen LogP contribution in [-0.2, 0) is 19.0 Å². The summed E-state index contributed by atoms with van der Waals surface area (Å²) in [6, 6.07) is 0.574. The van der Waals surface area contributed by atoms with Gasteiger partial charge in [-0.25, -0.2) is 5.90 Å². The zero-order valence-corrected chi connectivity index (χ0v) is 13.5. The van der Waals surface area contributed by atoms with Crippen molar-refractivity contribution in [3.05, 3.63) is 0 Å². The lowest BCUT2D eigenvalue weighted by molar-refractivity contribution is -0.00469. The molecule has 0 radical (unpaired) electrons. The largest absolute Gasteiger partial charge is 0.378 e. The molecule has 2 N–H and O–H groups in total. The predicted octanol–water partition coefficient (Wildman–Crippen LogP) is 0.903. The molecule has 0 aromatic heterocycles. The van der Waals surface area contributed by atoms with Gasteiger partial charge in [0.05, 0.1) is 46.2 Å². The first-order valence-corrected chi connectivity index (χ1v) is 7.34. The van der Waals surface area contributed by atoms with Crippen molar-refractivity contribution >= 4 is 0 Å². The van der Waals surface area contributed by atoms with Crippen molar-refractivity contribution < 1.29 is 19.0 Å². The summed E-state index contributed by atoms with van der Waals surface area (Å²) >= 11 is 0. The number of hydrogen-bond donors (Lipinski definition) is 1. The zero-order valence-electron chi connectivity index (χ0n) is 13.5. The minimum absolute atomic E-state index is 0.408. The topological polar surface area (TPSA) is 66.2 Å².